The quantitative estimate of drug-likeness (QED) is 0.669. The smallest absolute Gasteiger partial charge is 0.252 e. The first-order valence-corrected chi connectivity index (χ1v) is 8.75. The van der Waals surface area contributed by atoms with Crippen molar-refractivity contribution in [2.45, 2.75) is 19.8 Å². The highest BCUT2D eigenvalue weighted by Crippen LogP contribution is 2.25. The summed E-state index contributed by atoms with van der Waals surface area (Å²) in [4.78, 5) is 19.1. The molecule has 4 nitrogen and oxygen atoms in total. The van der Waals surface area contributed by atoms with Gasteiger partial charge in [0.05, 0.1) is 0 Å². The van der Waals surface area contributed by atoms with E-state index in [0.717, 1.165) is 42.3 Å². The number of carbonyl (C=O) groups is 1. The molecule has 0 unspecified atom stereocenters. The van der Waals surface area contributed by atoms with Crippen LogP contribution in [0.25, 0.3) is 10.8 Å². The molecule has 1 fully saturated rings. The molecule has 2 heterocycles. The summed E-state index contributed by atoms with van der Waals surface area (Å²) in [5, 5.41) is 5.00. The van der Waals surface area contributed by atoms with Crippen molar-refractivity contribution in [3.05, 3.63) is 60.3 Å². The van der Waals surface area contributed by atoms with Gasteiger partial charge in [0, 0.05) is 18.6 Å². The highest BCUT2D eigenvalue weighted by molar-refractivity contribution is 6.03. The Balaban J connectivity index is 0.00000243. The van der Waals surface area contributed by atoms with Crippen LogP contribution in [0.2, 0.25) is 0 Å². The van der Waals surface area contributed by atoms with Crippen molar-refractivity contribution in [2.24, 2.45) is 5.92 Å². The largest absolute Gasteiger partial charge is 0.307 e. The summed E-state index contributed by atoms with van der Waals surface area (Å²) in [6.45, 7) is 8.19. The topological polar surface area (TPSA) is 45.2 Å². The summed E-state index contributed by atoms with van der Waals surface area (Å²) in [6.07, 6.45) is 5.91. The molecule has 1 aliphatic heterocycles. The van der Waals surface area contributed by atoms with Gasteiger partial charge in [0.25, 0.3) is 5.91 Å². The van der Waals surface area contributed by atoms with Gasteiger partial charge in [-0.25, -0.2) is 4.98 Å². The molecule has 4 heteroatoms. The molecule has 132 valence electrons. The number of fused-ring (bicyclic) bond motifs is 1. The molecule has 25 heavy (non-hydrogen) atoms. The van der Waals surface area contributed by atoms with Gasteiger partial charge >= 0.3 is 0 Å². The molecule has 1 amide bonds. The Bertz CT molecular complexity index is 823. The monoisotopic (exact) mass is 337 g/mol. The summed E-state index contributed by atoms with van der Waals surface area (Å²) in [5.74, 6) is 0.913. The number of hydrogen-bond acceptors (Lipinski definition) is 3. The van der Waals surface area contributed by atoms with Gasteiger partial charge in [0.2, 0.25) is 0 Å². The van der Waals surface area contributed by atoms with E-state index in [-0.39, 0.29) is 7.33 Å². The standard InChI is InChI=1S/C21H25N3O.H2/c1-15(17-8-10-24(3)11-9-17)12-16(2)21(25)23-20-13-18-6-4-5-7-19(18)14-22-20;/h4-7,12-14,17H,1,8-11H2,2-3H3,(H,22,23,25);1H/b16-12+;. The molecule has 0 radical (unpaired) electrons. The highest BCUT2D eigenvalue weighted by atomic mass is 16.1. The van der Waals surface area contributed by atoms with Crippen LogP contribution in [0.4, 0.5) is 5.82 Å². The van der Waals surface area contributed by atoms with Crippen LogP contribution >= 0.6 is 0 Å². The van der Waals surface area contributed by atoms with Crippen molar-refractivity contribution in [1.82, 2.24) is 9.88 Å². The molecule has 0 atom stereocenters. The Kier molecular flexibility index (Phi) is 5.29. The number of likely N-dealkylation sites (tertiary alicyclic amines) is 1. The van der Waals surface area contributed by atoms with Gasteiger partial charge in [-0.3, -0.25) is 4.79 Å². The van der Waals surface area contributed by atoms with Crippen molar-refractivity contribution in [2.75, 3.05) is 25.5 Å². The third-order valence-corrected chi connectivity index (χ3v) is 4.88. The van der Waals surface area contributed by atoms with E-state index in [1.165, 1.54) is 0 Å². The van der Waals surface area contributed by atoms with Crippen molar-refractivity contribution < 1.29 is 6.22 Å². The van der Waals surface area contributed by atoms with Crippen molar-refractivity contribution in [1.29, 1.82) is 0 Å². The van der Waals surface area contributed by atoms with Gasteiger partial charge in [-0.15, -0.1) is 0 Å². The number of rotatable bonds is 4. The molecule has 1 aromatic carbocycles. The number of aromatic nitrogens is 1. The summed E-state index contributed by atoms with van der Waals surface area (Å²) in [6, 6.07) is 9.86. The number of nitrogens with one attached hydrogen (secondary N) is 1. The van der Waals surface area contributed by atoms with Gasteiger partial charge in [0.15, 0.2) is 0 Å². The number of pyridine rings is 1. The van der Waals surface area contributed by atoms with Crippen LogP contribution in [0.1, 0.15) is 21.2 Å². The van der Waals surface area contributed by atoms with Crippen LogP contribution in [-0.2, 0) is 4.79 Å². The van der Waals surface area contributed by atoms with Crippen LogP contribution < -0.4 is 5.32 Å². The minimum Gasteiger partial charge on any atom is -0.307 e. The SMILES string of the molecule is C=C(/C=C(\C)C(=O)Nc1cc2ccccc2cn1)C1CCN(C)CC1.[HH]. The number of amides is 1. The minimum atomic E-state index is -0.128. The predicted molar refractivity (Wildman–Crippen MR) is 106 cm³/mol. The average molecular weight is 337 g/mol. The molecule has 1 aliphatic rings. The Morgan fingerprint density at radius 1 is 1.32 bits per heavy atom. The van der Waals surface area contributed by atoms with Crippen molar-refractivity contribution >= 4 is 22.5 Å². The van der Waals surface area contributed by atoms with E-state index in [1.54, 1.807) is 6.20 Å². The average Bonchev–Trinajstić information content (AvgIpc) is 2.62. The molecule has 0 saturated carbocycles. The molecular weight excluding hydrogens is 310 g/mol. The number of benzene rings is 1. The molecule has 2 aromatic rings. The van der Waals surface area contributed by atoms with Crippen molar-refractivity contribution in [3.63, 3.8) is 0 Å². The Morgan fingerprint density at radius 2 is 2.00 bits per heavy atom. The molecule has 1 aromatic heterocycles. The van der Waals surface area contributed by atoms with E-state index >= 15 is 0 Å². The first-order chi connectivity index (χ1) is 12.0. The third-order valence-electron chi connectivity index (χ3n) is 4.88. The lowest BCUT2D eigenvalue weighted by Gasteiger charge is -2.29. The maximum absolute atomic E-state index is 12.5. The second-order valence-corrected chi connectivity index (χ2v) is 6.85. The van der Waals surface area contributed by atoms with Gasteiger partial charge < -0.3 is 10.2 Å². The lowest BCUT2D eigenvalue weighted by molar-refractivity contribution is -0.112. The molecule has 0 aliphatic carbocycles. The molecular formula is C21H27N3O. The predicted octanol–water partition coefficient (Wildman–Crippen LogP) is 4.26. The molecule has 1 N–H and O–H groups in total. The fourth-order valence-corrected chi connectivity index (χ4v) is 3.21. The lowest BCUT2D eigenvalue weighted by atomic mass is 9.89. The van der Waals surface area contributed by atoms with E-state index < -0.39 is 0 Å². The number of anilines is 1. The van der Waals surface area contributed by atoms with E-state index in [2.05, 4.69) is 28.8 Å². The summed E-state index contributed by atoms with van der Waals surface area (Å²) < 4.78 is 0. The second kappa shape index (κ2) is 7.62. The Hall–Kier alpha value is -2.46. The highest BCUT2D eigenvalue weighted by Gasteiger charge is 2.18. The maximum atomic E-state index is 12.5. The number of allylic oxidation sites excluding steroid dienone is 2. The fourth-order valence-electron chi connectivity index (χ4n) is 3.21. The number of carbonyl (C=O) groups excluding carboxylic acids is 1. The Morgan fingerprint density at radius 3 is 2.72 bits per heavy atom. The first kappa shape index (κ1) is 17.4. The maximum Gasteiger partial charge on any atom is 0.252 e. The van der Waals surface area contributed by atoms with Gasteiger partial charge in [0.1, 0.15) is 5.82 Å². The third kappa shape index (κ3) is 4.34. The van der Waals surface area contributed by atoms with Crippen LogP contribution in [-0.4, -0.2) is 35.9 Å². The fraction of sp³-hybridized carbons (Fsp3) is 0.333. The number of nitrogens with zero attached hydrogens (tertiary/aromatic N) is 2. The Labute approximate surface area is 150 Å². The van der Waals surface area contributed by atoms with Crippen molar-refractivity contribution in [3.8, 4) is 0 Å². The van der Waals surface area contributed by atoms with Crippen LogP contribution in [0, 0.1) is 5.92 Å². The molecule has 0 spiro atoms. The summed E-state index contributed by atoms with van der Waals surface area (Å²) >= 11 is 0. The van der Waals surface area contributed by atoms with Gasteiger partial charge in [-0.05, 0) is 57.3 Å². The summed E-state index contributed by atoms with van der Waals surface area (Å²) in [7, 11) is 2.14. The van der Waals surface area contributed by atoms with E-state index in [0.29, 0.717) is 17.3 Å². The number of piperidine rings is 1. The van der Waals surface area contributed by atoms with Crippen LogP contribution in [0.3, 0.4) is 0 Å². The molecule has 1 saturated heterocycles. The van der Waals surface area contributed by atoms with E-state index in [9.17, 15) is 4.79 Å². The van der Waals surface area contributed by atoms with E-state index in [4.69, 9.17) is 0 Å². The van der Waals surface area contributed by atoms with Crippen LogP contribution in [0.15, 0.2) is 60.3 Å². The van der Waals surface area contributed by atoms with E-state index in [1.807, 2.05) is 43.3 Å². The van der Waals surface area contributed by atoms with Gasteiger partial charge in [-0.1, -0.05) is 42.5 Å². The minimum absolute atomic E-state index is 0. The summed E-state index contributed by atoms with van der Waals surface area (Å²) in [5.41, 5.74) is 1.71. The zero-order valence-electron chi connectivity index (χ0n) is 15.0. The molecule has 0 bridgehead atoms. The first-order valence-electron chi connectivity index (χ1n) is 8.75. The zero-order chi connectivity index (χ0) is 17.8. The second-order valence-electron chi connectivity index (χ2n) is 6.85. The van der Waals surface area contributed by atoms with Gasteiger partial charge in [-0.2, -0.15) is 0 Å². The number of hydrogen-bond donors (Lipinski definition) is 1. The van der Waals surface area contributed by atoms with Crippen LogP contribution in [0.5, 0.6) is 0 Å². The zero-order valence-corrected chi connectivity index (χ0v) is 15.0. The lowest BCUT2D eigenvalue weighted by Crippen LogP contribution is -2.30. The molecule has 3 rings (SSSR count). The normalized spacial score (nSPS) is 16.8.